The standard InChI is InChI=1S/C17H10NS/c1-2-7-16-14(4-1)15-6-3-5-13(17(15)19-16)12-8-10-18-11-9-12/h2-11H. The molecule has 0 N–H and O–H groups in total. The largest absolute Gasteiger partial charge is 0.265 e. The van der Waals surface area contributed by atoms with E-state index >= 15 is 0 Å². The second-order valence-electron chi connectivity index (χ2n) is 4.44. The van der Waals surface area contributed by atoms with Crippen molar-refractivity contribution in [3.05, 3.63) is 67.0 Å². The molecule has 89 valence electrons. The predicted octanol–water partition coefficient (Wildman–Crippen LogP) is 4.92. The summed E-state index contributed by atoms with van der Waals surface area (Å²) in [7, 11) is 0. The van der Waals surface area contributed by atoms with Crippen LogP contribution in [0, 0.1) is 6.07 Å². The van der Waals surface area contributed by atoms with Crippen LogP contribution in [0.4, 0.5) is 0 Å². The van der Waals surface area contributed by atoms with Crippen molar-refractivity contribution < 1.29 is 0 Å². The number of hydrogen-bond donors (Lipinski definition) is 0. The molecule has 0 fully saturated rings. The molecule has 0 amide bonds. The third-order valence-electron chi connectivity index (χ3n) is 3.33. The number of nitrogens with zero attached hydrogens (tertiary/aromatic N) is 1. The Morgan fingerprint density at radius 3 is 2.74 bits per heavy atom. The van der Waals surface area contributed by atoms with E-state index in [0.29, 0.717) is 0 Å². The molecule has 2 heteroatoms. The molecule has 0 spiro atoms. The van der Waals surface area contributed by atoms with Gasteiger partial charge in [0.1, 0.15) is 0 Å². The highest BCUT2D eigenvalue weighted by atomic mass is 32.1. The zero-order valence-corrected chi connectivity index (χ0v) is 10.9. The van der Waals surface area contributed by atoms with Crippen LogP contribution < -0.4 is 0 Å². The van der Waals surface area contributed by atoms with Crippen molar-refractivity contribution in [2.24, 2.45) is 0 Å². The van der Waals surface area contributed by atoms with Crippen LogP contribution in [0.2, 0.25) is 0 Å². The molecule has 1 nitrogen and oxygen atoms in total. The van der Waals surface area contributed by atoms with Gasteiger partial charge in [-0.15, -0.1) is 11.3 Å². The van der Waals surface area contributed by atoms with Crippen LogP contribution in [0.25, 0.3) is 31.3 Å². The van der Waals surface area contributed by atoms with Crippen molar-refractivity contribution in [3.8, 4) is 11.1 Å². The Bertz CT molecular complexity index is 862. The van der Waals surface area contributed by atoms with Gasteiger partial charge in [0.15, 0.2) is 0 Å². The van der Waals surface area contributed by atoms with Gasteiger partial charge in [0, 0.05) is 32.6 Å². The summed E-state index contributed by atoms with van der Waals surface area (Å²) in [5, 5.41) is 2.60. The average Bonchev–Trinajstić information content (AvgIpc) is 2.87. The van der Waals surface area contributed by atoms with Gasteiger partial charge in [-0.2, -0.15) is 0 Å². The van der Waals surface area contributed by atoms with E-state index in [1.165, 1.54) is 31.3 Å². The molecule has 19 heavy (non-hydrogen) atoms. The van der Waals surface area contributed by atoms with Gasteiger partial charge in [0.25, 0.3) is 0 Å². The molecule has 0 bridgehead atoms. The summed E-state index contributed by atoms with van der Waals surface area (Å²) in [5.74, 6) is 0. The van der Waals surface area contributed by atoms with E-state index in [1.54, 1.807) is 0 Å². The molecule has 4 aromatic rings. The number of rotatable bonds is 1. The highest BCUT2D eigenvalue weighted by Crippen LogP contribution is 2.39. The third-order valence-corrected chi connectivity index (χ3v) is 4.55. The molecule has 0 atom stereocenters. The summed E-state index contributed by atoms with van der Waals surface area (Å²) < 4.78 is 2.65. The molecule has 0 aliphatic heterocycles. The van der Waals surface area contributed by atoms with Gasteiger partial charge in [-0.1, -0.05) is 24.3 Å². The fraction of sp³-hybridized carbons (Fsp3) is 0. The van der Waals surface area contributed by atoms with Crippen LogP contribution >= 0.6 is 11.3 Å². The highest BCUT2D eigenvalue weighted by Gasteiger charge is 2.09. The smallest absolute Gasteiger partial charge is 0.0433 e. The number of hydrogen-bond acceptors (Lipinski definition) is 2. The van der Waals surface area contributed by atoms with E-state index in [1.807, 2.05) is 29.8 Å². The summed E-state index contributed by atoms with van der Waals surface area (Å²) >= 11 is 1.84. The lowest BCUT2D eigenvalue weighted by molar-refractivity contribution is 1.33. The normalized spacial score (nSPS) is 11.2. The van der Waals surface area contributed by atoms with Crippen LogP contribution in [0.3, 0.4) is 0 Å². The topological polar surface area (TPSA) is 12.9 Å². The van der Waals surface area contributed by atoms with E-state index in [4.69, 9.17) is 0 Å². The molecule has 2 aromatic carbocycles. The fourth-order valence-electron chi connectivity index (χ4n) is 2.44. The average molecular weight is 260 g/mol. The molecular formula is C17H10NS. The van der Waals surface area contributed by atoms with E-state index in [9.17, 15) is 0 Å². The number of benzene rings is 2. The summed E-state index contributed by atoms with van der Waals surface area (Å²) in [6.45, 7) is 0. The van der Waals surface area contributed by atoms with Gasteiger partial charge in [0.05, 0.1) is 0 Å². The Labute approximate surface area is 115 Å². The highest BCUT2D eigenvalue weighted by molar-refractivity contribution is 7.26. The van der Waals surface area contributed by atoms with Crippen molar-refractivity contribution in [2.75, 3.05) is 0 Å². The Morgan fingerprint density at radius 2 is 1.84 bits per heavy atom. The first-order valence-electron chi connectivity index (χ1n) is 6.15. The minimum Gasteiger partial charge on any atom is -0.265 e. The molecule has 0 saturated heterocycles. The molecule has 1 radical (unpaired) electrons. The zero-order valence-electron chi connectivity index (χ0n) is 10.1. The lowest BCUT2D eigenvalue weighted by atomic mass is 10.0. The van der Waals surface area contributed by atoms with Crippen molar-refractivity contribution in [1.29, 1.82) is 0 Å². The summed E-state index contributed by atoms with van der Waals surface area (Å²) in [5.41, 5.74) is 2.50. The van der Waals surface area contributed by atoms with Crippen LogP contribution in [0.15, 0.2) is 60.9 Å². The number of aromatic nitrogens is 1. The summed E-state index contributed by atoms with van der Waals surface area (Å²) in [4.78, 5) is 4.09. The van der Waals surface area contributed by atoms with Crippen LogP contribution in [0.1, 0.15) is 0 Å². The fourth-order valence-corrected chi connectivity index (χ4v) is 3.66. The SMILES string of the molecule is [c]1ccc2sc3c(-c4ccncc4)cccc3c2c1. The molecule has 0 aliphatic rings. The minimum absolute atomic E-state index is 1.22. The maximum Gasteiger partial charge on any atom is 0.0433 e. The van der Waals surface area contributed by atoms with Crippen molar-refractivity contribution >= 4 is 31.5 Å². The van der Waals surface area contributed by atoms with Gasteiger partial charge in [0.2, 0.25) is 0 Å². The first kappa shape index (κ1) is 10.7. The molecule has 0 aliphatic carbocycles. The quantitative estimate of drug-likeness (QED) is 0.473. The van der Waals surface area contributed by atoms with Gasteiger partial charge in [-0.05, 0) is 41.5 Å². The van der Waals surface area contributed by atoms with E-state index in [-0.39, 0.29) is 0 Å². The molecule has 2 aromatic heterocycles. The van der Waals surface area contributed by atoms with Gasteiger partial charge in [-0.3, -0.25) is 4.98 Å². The second kappa shape index (κ2) is 4.18. The van der Waals surface area contributed by atoms with Crippen LogP contribution in [0.5, 0.6) is 0 Å². The third kappa shape index (κ3) is 1.65. The summed E-state index contributed by atoms with van der Waals surface area (Å²) in [6.07, 6.45) is 3.69. The molecular weight excluding hydrogens is 250 g/mol. The van der Waals surface area contributed by atoms with Gasteiger partial charge >= 0.3 is 0 Å². The molecule has 0 saturated carbocycles. The van der Waals surface area contributed by atoms with Crippen LogP contribution in [-0.4, -0.2) is 4.98 Å². The number of pyridine rings is 1. The summed E-state index contributed by atoms with van der Waals surface area (Å²) in [6, 6.07) is 20.0. The van der Waals surface area contributed by atoms with E-state index in [2.05, 4.69) is 53.5 Å². The maximum absolute atomic E-state index is 4.09. The number of fused-ring (bicyclic) bond motifs is 3. The Balaban J connectivity index is 2.13. The van der Waals surface area contributed by atoms with Gasteiger partial charge < -0.3 is 0 Å². The zero-order chi connectivity index (χ0) is 12.7. The first-order valence-corrected chi connectivity index (χ1v) is 6.97. The molecule has 4 rings (SSSR count). The first-order chi connectivity index (χ1) is 9.43. The lowest BCUT2D eigenvalue weighted by Crippen LogP contribution is -1.78. The van der Waals surface area contributed by atoms with Crippen molar-refractivity contribution in [2.45, 2.75) is 0 Å². The Kier molecular flexibility index (Phi) is 2.35. The van der Waals surface area contributed by atoms with E-state index < -0.39 is 0 Å². The monoisotopic (exact) mass is 260 g/mol. The van der Waals surface area contributed by atoms with E-state index in [0.717, 1.165) is 0 Å². The van der Waals surface area contributed by atoms with Crippen LogP contribution in [-0.2, 0) is 0 Å². The Morgan fingerprint density at radius 1 is 0.947 bits per heavy atom. The van der Waals surface area contributed by atoms with Crippen molar-refractivity contribution in [1.82, 2.24) is 4.98 Å². The predicted molar refractivity (Wildman–Crippen MR) is 81.4 cm³/mol. The van der Waals surface area contributed by atoms with Gasteiger partial charge in [-0.25, -0.2) is 0 Å². The minimum atomic E-state index is 1.22. The maximum atomic E-state index is 4.09. The second-order valence-corrected chi connectivity index (χ2v) is 5.49. The molecule has 0 unspecified atom stereocenters. The Hall–Kier alpha value is -2.19. The van der Waals surface area contributed by atoms with Crippen molar-refractivity contribution in [3.63, 3.8) is 0 Å². The molecule has 2 heterocycles. The lowest BCUT2D eigenvalue weighted by Gasteiger charge is -2.02. The number of thiophene rings is 1.